The fourth-order valence-electron chi connectivity index (χ4n) is 6.35. The molecule has 50 heavy (non-hydrogen) atoms. The van der Waals surface area contributed by atoms with Gasteiger partial charge in [-0.25, -0.2) is 19.9 Å². The Kier molecular flexibility index (Phi) is 8.17. The van der Waals surface area contributed by atoms with Crippen molar-refractivity contribution in [1.29, 1.82) is 0 Å². The highest BCUT2D eigenvalue weighted by atomic mass is 79.9. The van der Waals surface area contributed by atoms with Crippen LogP contribution in [0.25, 0.3) is 88.0 Å². The first-order valence-corrected chi connectivity index (χ1v) is 19.2. The standard InChI is InChI=1S/C42H24Br2N4S2/c43-31-23-21-29(49-31)33-39-40(46-36(26-15-7-2-8-16-26)35(45-39)25-13-5-1-6-14-25)34(30-22-24-32(44)50-30)42-41(33)47-37(27-17-9-3-10-18-27)38(48-42)28-19-11-4-12-20-28/h1-24H. The average Bonchev–Trinajstić information content (AvgIpc) is 3.81. The largest absolute Gasteiger partial charge is 0.243 e. The zero-order valence-electron chi connectivity index (χ0n) is 26.2. The lowest BCUT2D eigenvalue weighted by atomic mass is 9.97. The molecule has 0 aliphatic rings. The quantitative estimate of drug-likeness (QED) is 0.157. The van der Waals surface area contributed by atoms with Crippen LogP contribution < -0.4 is 0 Å². The van der Waals surface area contributed by atoms with Gasteiger partial charge in [-0.3, -0.25) is 0 Å². The summed E-state index contributed by atoms with van der Waals surface area (Å²) in [5, 5.41) is 0. The number of rotatable bonds is 6. The SMILES string of the molecule is Brc1ccc(-c2c3nc(-c4ccccc4)c(-c4ccccc4)nc3c(-c3ccc(Br)s3)c3nc(-c4ccccc4)c(-c4ccccc4)nc23)s1. The van der Waals surface area contributed by atoms with Crippen LogP contribution in [0.2, 0.25) is 0 Å². The first-order valence-electron chi connectivity index (χ1n) is 15.9. The van der Waals surface area contributed by atoms with E-state index < -0.39 is 0 Å². The van der Waals surface area contributed by atoms with E-state index in [1.165, 1.54) is 0 Å². The Morgan fingerprint density at radius 3 is 0.800 bits per heavy atom. The molecule has 4 aromatic heterocycles. The minimum absolute atomic E-state index is 0.783. The van der Waals surface area contributed by atoms with Gasteiger partial charge < -0.3 is 0 Å². The lowest BCUT2D eigenvalue weighted by Gasteiger charge is -2.19. The van der Waals surface area contributed by atoms with Crippen LogP contribution in [0.4, 0.5) is 0 Å². The number of fused-ring (bicyclic) bond motifs is 2. The maximum atomic E-state index is 5.59. The van der Waals surface area contributed by atoms with Gasteiger partial charge in [-0.05, 0) is 56.1 Å². The van der Waals surface area contributed by atoms with Gasteiger partial charge in [-0.15, -0.1) is 22.7 Å². The Hall–Kier alpha value is -4.86. The molecule has 0 bridgehead atoms. The maximum Gasteiger partial charge on any atom is 0.101 e. The van der Waals surface area contributed by atoms with Crippen molar-refractivity contribution in [3.63, 3.8) is 0 Å². The number of aromatic nitrogens is 4. The Bertz CT molecular complexity index is 2330. The summed E-state index contributed by atoms with van der Waals surface area (Å²) >= 11 is 10.8. The molecule has 0 aliphatic carbocycles. The number of thiophene rings is 2. The molecule has 0 saturated carbocycles. The van der Waals surface area contributed by atoms with E-state index in [0.717, 1.165) is 95.6 Å². The van der Waals surface area contributed by atoms with Crippen molar-refractivity contribution in [3.8, 4) is 65.9 Å². The lowest BCUT2D eigenvalue weighted by molar-refractivity contribution is 1.27. The highest BCUT2D eigenvalue weighted by Crippen LogP contribution is 2.48. The molecule has 0 saturated heterocycles. The minimum Gasteiger partial charge on any atom is -0.243 e. The first-order chi connectivity index (χ1) is 24.6. The van der Waals surface area contributed by atoms with Gasteiger partial charge in [0.15, 0.2) is 0 Å². The third-order valence-corrected chi connectivity index (χ3v) is 11.8. The third-order valence-electron chi connectivity index (χ3n) is 8.57. The second kappa shape index (κ2) is 13.1. The van der Waals surface area contributed by atoms with Crippen molar-refractivity contribution in [2.45, 2.75) is 0 Å². The molecular formula is C42H24Br2N4S2. The normalized spacial score (nSPS) is 11.4. The molecule has 0 radical (unpaired) electrons. The van der Waals surface area contributed by atoms with Crippen molar-refractivity contribution in [2.75, 3.05) is 0 Å². The van der Waals surface area contributed by atoms with E-state index in [1.54, 1.807) is 22.7 Å². The number of benzene rings is 5. The average molecular weight is 809 g/mol. The fourth-order valence-corrected chi connectivity index (χ4v) is 9.21. The van der Waals surface area contributed by atoms with Gasteiger partial charge in [0.2, 0.25) is 0 Å². The Morgan fingerprint density at radius 2 is 0.580 bits per heavy atom. The van der Waals surface area contributed by atoms with Gasteiger partial charge in [-0.1, -0.05) is 121 Å². The van der Waals surface area contributed by atoms with E-state index in [2.05, 4.69) is 105 Å². The molecule has 4 nitrogen and oxygen atoms in total. The van der Waals surface area contributed by atoms with E-state index >= 15 is 0 Å². The molecule has 0 atom stereocenters. The van der Waals surface area contributed by atoms with E-state index in [-0.39, 0.29) is 0 Å². The number of halogens is 2. The summed E-state index contributed by atoms with van der Waals surface area (Å²) in [5.74, 6) is 0. The minimum atomic E-state index is 0.783. The molecular weight excluding hydrogens is 784 g/mol. The summed E-state index contributed by atoms with van der Waals surface area (Å²) < 4.78 is 2.05. The van der Waals surface area contributed by atoms with Crippen LogP contribution in [0.15, 0.2) is 153 Å². The summed E-state index contributed by atoms with van der Waals surface area (Å²) in [5.41, 5.74) is 12.2. The fraction of sp³-hybridized carbons (Fsp3) is 0. The van der Waals surface area contributed by atoms with Crippen LogP contribution in [0, 0.1) is 0 Å². The van der Waals surface area contributed by atoms with Crippen LogP contribution in [-0.4, -0.2) is 19.9 Å². The van der Waals surface area contributed by atoms with Crippen molar-refractivity contribution in [2.24, 2.45) is 0 Å². The topological polar surface area (TPSA) is 51.6 Å². The maximum absolute atomic E-state index is 5.59. The van der Waals surface area contributed by atoms with Crippen LogP contribution >= 0.6 is 54.5 Å². The molecule has 9 rings (SSSR count). The molecule has 9 aromatic rings. The zero-order valence-corrected chi connectivity index (χ0v) is 31.0. The van der Waals surface area contributed by atoms with Crippen LogP contribution in [0.3, 0.4) is 0 Å². The van der Waals surface area contributed by atoms with Crippen molar-refractivity contribution >= 4 is 76.6 Å². The molecule has 0 spiro atoms. The van der Waals surface area contributed by atoms with E-state index in [9.17, 15) is 0 Å². The van der Waals surface area contributed by atoms with Gasteiger partial charge in [0.25, 0.3) is 0 Å². The Morgan fingerprint density at radius 1 is 0.320 bits per heavy atom. The van der Waals surface area contributed by atoms with Crippen LogP contribution in [0.5, 0.6) is 0 Å². The molecule has 0 aliphatic heterocycles. The molecule has 5 aromatic carbocycles. The van der Waals surface area contributed by atoms with Gasteiger partial charge in [0.1, 0.15) is 22.1 Å². The second-order valence-electron chi connectivity index (χ2n) is 11.7. The van der Waals surface area contributed by atoms with Gasteiger partial charge in [0.05, 0.1) is 30.3 Å². The summed E-state index contributed by atoms with van der Waals surface area (Å²) in [6.45, 7) is 0. The summed E-state index contributed by atoms with van der Waals surface area (Å²) in [6, 6.07) is 49.7. The van der Waals surface area contributed by atoms with Gasteiger partial charge in [-0.2, -0.15) is 0 Å². The monoisotopic (exact) mass is 806 g/mol. The van der Waals surface area contributed by atoms with Crippen LogP contribution in [0.1, 0.15) is 0 Å². The second-order valence-corrected chi connectivity index (χ2v) is 16.6. The smallest absolute Gasteiger partial charge is 0.101 e. The first kappa shape index (κ1) is 31.1. The Balaban J connectivity index is 1.52. The predicted octanol–water partition coefficient (Wildman–Crippen LogP) is 13.2. The van der Waals surface area contributed by atoms with Crippen LogP contribution in [-0.2, 0) is 0 Å². The molecule has 0 fully saturated rings. The van der Waals surface area contributed by atoms with Crippen molar-refractivity contribution in [3.05, 3.63) is 153 Å². The van der Waals surface area contributed by atoms with E-state index in [0.29, 0.717) is 0 Å². The summed E-state index contributed by atoms with van der Waals surface area (Å²) in [4.78, 5) is 24.4. The summed E-state index contributed by atoms with van der Waals surface area (Å²) in [6.07, 6.45) is 0. The van der Waals surface area contributed by atoms with Gasteiger partial charge in [0, 0.05) is 43.1 Å². The lowest BCUT2D eigenvalue weighted by Crippen LogP contribution is -2.03. The Labute approximate surface area is 313 Å². The number of hydrogen-bond acceptors (Lipinski definition) is 6. The van der Waals surface area contributed by atoms with Crippen molar-refractivity contribution < 1.29 is 0 Å². The molecule has 0 unspecified atom stereocenters. The molecule has 8 heteroatoms. The molecule has 0 N–H and O–H groups in total. The number of hydrogen-bond donors (Lipinski definition) is 0. The predicted molar refractivity (Wildman–Crippen MR) is 216 cm³/mol. The highest BCUT2D eigenvalue weighted by molar-refractivity contribution is 9.11. The zero-order chi connectivity index (χ0) is 33.6. The molecule has 0 amide bonds. The van der Waals surface area contributed by atoms with E-state index in [4.69, 9.17) is 19.9 Å². The van der Waals surface area contributed by atoms with Gasteiger partial charge >= 0.3 is 0 Å². The highest BCUT2D eigenvalue weighted by Gasteiger charge is 2.27. The number of nitrogens with zero attached hydrogens (tertiary/aromatic N) is 4. The van der Waals surface area contributed by atoms with E-state index in [1.807, 2.05) is 72.8 Å². The van der Waals surface area contributed by atoms with Crippen molar-refractivity contribution in [1.82, 2.24) is 19.9 Å². The molecule has 4 heterocycles. The third kappa shape index (κ3) is 5.58. The molecule has 238 valence electrons. The summed E-state index contributed by atoms with van der Waals surface area (Å²) in [7, 11) is 0.